The lowest BCUT2D eigenvalue weighted by atomic mass is 10.1. The second-order valence-electron chi connectivity index (χ2n) is 4.09. The van der Waals surface area contributed by atoms with E-state index in [1.807, 2.05) is 25.1 Å². The Morgan fingerprint density at radius 3 is 2.56 bits per heavy atom. The SMILES string of the molecule is CC(C(=O)Nc1ccc(N)cc1)c1ccccn1. The van der Waals surface area contributed by atoms with Crippen molar-refractivity contribution in [2.75, 3.05) is 11.1 Å². The third kappa shape index (κ3) is 2.85. The lowest BCUT2D eigenvalue weighted by Crippen LogP contribution is -2.19. The van der Waals surface area contributed by atoms with E-state index in [9.17, 15) is 4.79 Å². The summed E-state index contributed by atoms with van der Waals surface area (Å²) in [4.78, 5) is 16.2. The largest absolute Gasteiger partial charge is 0.399 e. The predicted octanol–water partition coefficient (Wildman–Crippen LogP) is 2.41. The zero-order valence-electron chi connectivity index (χ0n) is 10.1. The maximum Gasteiger partial charge on any atom is 0.233 e. The molecule has 1 unspecified atom stereocenters. The quantitative estimate of drug-likeness (QED) is 0.811. The average molecular weight is 241 g/mol. The van der Waals surface area contributed by atoms with Gasteiger partial charge in [-0.3, -0.25) is 9.78 Å². The molecule has 1 amide bonds. The van der Waals surface area contributed by atoms with Gasteiger partial charge in [0.2, 0.25) is 5.91 Å². The Balaban J connectivity index is 2.06. The van der Waals surface area contributed by atoms with E-state index in [1.165, 1.54) is 0 Å². The Hall–Kier alpha value is -2.36. The normalized spacial score (nSPS) is 11.8. The standard InChI is InChI=1S/C14H15N3O/c1-10(13-4-2-3-9-16-13)14(18)17-12-7-5-11(15)6-8-12/h2-10H,15H2,1H3,(H,17,18). The number of amides is 1. The topological polar surface area (TPSA) is 68.0 Å². The van der Waals surface area contributed by atoms with Crippen LogP contribution in [0.15, 0.2) is 48.7 Å². The minimum absolute atomic E-state index is 0.0847. The summed E-state index contributed by atoms with van der Waals surface area (Å²) in [5.41, 5.74) is 7.75. The van der Waals surface area contributed by atoms with Crippen molar-refractivity contribution in [2.24, 2.45) is 0 Å². The fraction of sp³-hybridized carbons (Fsp3) is 0.143. The molecule has 0 bridgehead atoms. The molecule has 2 rings (SSSR count). The molecule has 3 N–H and O–H groups in total. The van der Waals surface area contributed by atoms with Crippen LogP contribution in [0.3, 0.4) is 0 Å². The van der Waals surface area contributed by atoms with E-state index >= 15 is 0 Å². The number of benzene rings is 1. The van der Waals surface area contributed by atoms with Crippen molar-refractivity contribution < 1.29 is 4.79 Å². The molecule has 4 heteroatoms. The first-order valence-electron chi connectivity index (χ1n) is 5.74. The summed E-state index contributed by atoms with van der Waals surface area (Å²) >= 11 is 0. The molecule has 0 saturated heterocycles. The summed E-state index contributed by atoms with van der Waals surface area (Å²) in [6.07, 6.45) is 1.68. The summed E-state index contributed by atoms with van der Waals surface area (Å²) in [5.74, 6) is -0.373. The zero-order valence-corrected chi connectivity index (χ0v) is 10.1. The number of rotatable bonds is 3. The fourth-order valence-electron chi connectivity index (χ4n) is 1.58. The Kier molecular flexibility index (Phi) is 3.57. The van der Waals surface area contributed by atoms with Gasteiger partial charge in [0, 0.05) is 17.6 Å². The molecule has 0 radical (unpaired) electrons. The molecule has 1 atom stereocenters. The van der Waals surface area contributed by atoms with E-state index in [1.54, 1.807) is 30.5 Å². The molecule has 0 aliphatic carbocycles. The third-order valence-corrected chi connectivity index (χ3v) is 2.70. The van der Waals surface area contributed by atoms with Crippen LogP contribution in [0, 0.1) is 0 Å². The maximum atomic E-state index is 12.0. The first-order chi connectivity index (χ1) is 8.66. The summed E-state index contributed by atoms with van der Waals surface area (Å²) in [5, 5.41) is 2.83. The molecule has 0 spiro atoms. The Labute approximate surface area is 106 Å². The van der Waals surface area contributed by atoms with Crippen molar-refractivity contribution >= 4 is 17.3 Å². The van der Waals surface area contributed by atoms with Crippen molar-refractivity contribution in [2.45, 2.75) is 12.8 Å². The first kappa shape index (κ1) is 12.1. The van der Waals surface area contributed by atoms with Gasteiger partial charge in [-0.25, -0.2) is 0 Å². The van der Waals surface area contributed by atoms with Gasteiger partial charge in [0.1, 0.15) is 0 Å². The Morgan fingerprint density at radius 1 is 1.22 bits per heavy atom. The Morgan fingerprint density at radius 2 is 1.94 bits per heavy atom. The number of hydrogen-bond acceptors (Lipinski definition) is 3. The number of carbonyl (C=O) groups excluding carboxylic acids is 1. The van der Waals surface area contributed by atoms with Crippen molar-refractivity contribution in [3.05, 3.63) is 54.4 Å². The summed E-state index contributed by atoms with van der Waals surface area (Å²) < 4.78 is 0. The van der Waals surface area contributed by atoms with E-state index in [0.717, 1.165) is 11.4 Å². The number of aromatic nitrogens is 1. The van der Waals surface area contributed by atoms with E-state index < -0.39 is 0 Å². The molecule has 0 aliphatic heterocycles. The number of carbonyl (C=O) groups is 1. The number of nitrogens with two attached hydrogens (primary N) is 1. The smallest absolute Gasteiger partial charge is 0.233 e. The maximum absolute atomic E-state index is 12.0. The molecule has 2 aromatic rings. The van der Waals surface area contributed by atoms with E-state index in [2.05, 4.69) is 10.3 Å². The highest BCUT2D eigenvalue weighted by atomic mass is 16.1. The lowest BCUT2D eigenvalue weighted by molar-refractivity contribution is -0.117. The molecular weight excluding hydrogens is 226 g/mol. The molecule has 1 aromatic carbocycles. The fourth-order valence-corrected chi connectivity index (χ4v) is 1.58. The molecule has 92 valence electrons. The van der Waals surface area contributed by atoms with Gasteiger partial charge in [0.05, 0.1) is 11.6 Å². The Bertz CT molecular complexity index is 522. The molecule has 0 fully saturated rings. The number of nitrogens with one attached hydrogen (secondary N) is 1. The van der Waals surface area contributed by atoms with Gasteiger partial charge in [-0.2, -0.15) is 0 Å². The minimum Gasteiger partial charge on any atom is -0.399 e. The number of hydrogen-bond donors (Lipinski definition) is 2. The van der Waals surface area contributed by atoms with Gasteiger partial charge in [0.25, 0.3) is 0 Å². The second-order valence-corrected chi connectivity index (χ2v) is 4.09. The number of pyridine rings is 1. The van der Waals surface area contributed by atoms with Crippen LogP contribution in [0.1, 0.15) is 18.5 Å². The van der Waals surface area contributed by atoms with Crippen molar-refractivity contribution in [3.63, 3.8) is 0 Å². The average Bonchev–Trinajstić information content (AvgIpc) is 2.41. The van der Waals surface area contributed by atoms with E-state index in [-0.39, 0.29) is 11.8 Å². The highest BCUT2D eigenvalue weighted by Gasteiger charge is 2.15. The van der Waals surface area contributed by atoms with Crippen molar-refractivity contribution in [1.29, 1.82) is 0 Å². The lowest BCUT2D eigenvalue weighted by Gasteiger charge is -2.11. The van der Waals surface area contributed by atoms with Crippen LogP contribution in [0.5, 0.6) is 0 Å². The minimum atomic E-state index is -0.288. The third-order valence-electron chi connectivity index (χ3n) is 2.70. The van der Waals surface area contributed by atoms with Crippen LogP contribution in [-0.4, -0.2) is 10.9 Å². The monoisotopic (exact) mass is 241 g/mol. The van der Waals surface area contributed by atoms with Crippen LogP contribution >= 0.6 is 0 Å². The first-order valence-corrected chi connectivity index (χ1v) is 5.74. The predicted molar refractivity (Wildman–Crippen MR) is 72.1 cm³/mol. The summed E-state index contributed by atoms with van der Waals surface area (Å²) in [7, 11) is 0. The highest BCUT2D eigenvalue weighted by molar-refractivity contribution is 5.95. The van der Waals surface area contributed by atoms with Crippen LogP contribution in [0.25, 0.3) is 0 Å². The van der Waals surface area contributed by atoms with Gasteiger partial charge in [0.15, 0.2) is 0 Å². The number of nitrogens with zero attached hydrogens (tertiary/aromatic N) is 1. The van der Waals surface area contributed by atoms with Crippen LogP contribution < -0.4 is 11.1 Å². The van der Waals surface area contributed by atoms with Gasteiger partial charge >= 0.3 is 0 Å². The van der Waals surface area contributed by atoms with Gasteiger partial charge in [-0.1, -0.05) is 6.07 Å². The molecular formula is C14H15N3O. The molecule has 0 saturated carbocycles. The molecule has 1 heterocycles. The molecule has 18 heavy (non-hydrogen) atoms. The number of anilines is 2. The summed E-state index contributed by atoms with van der Waals surface area (Å²) in [6.45, 7) is 1.83. The molecule has 0 aliphatic rings. The van der Waals surface area contributed by atoms with Gasteiger partial charge in [-0.15, -0.1) is 0 Å². The summed E-state index contributed by atoms with van der Waals surface area (Å²) in [6, 6.07) is 12.6. The second kappa shape index (κ2) is 5.31. The van der Waals surface area contributed by atoms with E-state index in [0.29, 0.717) is 5.69 Å². The van der Waals surface area contributed by atoms with Crippen LogP contribution in [0.2, 0.25) is 0 Å². The van der Waals surface area contributed by atoms with Gasteiger partial charge < -0.3 is 11.1 Å². The number of nitrogen functional groups attached to an aromatic ring is 1. The van der Waals surface area contributed by atoms with Crippen LogP contribution in [0.4, 0.5) is 11.4 Å². The van der Waals surface area contributed by atoms with Crippen LogP contribution in [-0.2, 0) is 4.79 Å². The zero-order chi connectivity index (χ0) is 13.0. The molecule has 1 aromatic heterocycles. The van der Waals surface area contributed by atoms with Crippen molar-refractivity contribution in [1.82, 2.24) is 4.98 Å². The molecule has 4 nitrogen and oxygen atoms in total. The van der Waals surface area contributed by atoms with E-state index in [4.69, 9.17) is 5.73 Å². The highest BCUT2D eigenvalue weighted by Crippen LogP contribution is 2.16. The van der Waals surface area contributed by atoms with Gasteiger partial charge in [-0.05, 0) is 43.3 Å². The van der Waals surface area contributed by atoms with Crippen molar-refractivity contribution in [3.8, 4) is 0 Å².